The van der Waals surface area contributed by atoms with E-state index < -0.39 is 0 Å². The van der Waals surface area contributed by atoms with E-state index >= 15 is 0 Å². The lowest BCUT2D eigenvalue weighted by molar-refractivity contribution is 0.102. The quantitative estimate of drug-likeness (QED) is 0.656. The Bertz CT molecular complexity index is 862. The van der Waals surface area contributed by atoms with Crippen molar-refractivity contribution in [2.45, 2.75) is 6.92 Å². The predicted octanol–water partition coefficient (Wildman–Crippen LogP) is 5.15. The van der Waals surface area contributed by atoms with E-state index in [1.54, 1.807) is 18.5 Å². The number of benzene rings is 2. The standard InChI is InChI=1S/C19H16BrN3O/c1-13-3-2-4-17(9-13)22-18-10-14(11-21-12-18)19(24)23-16-7-5-15(20)6-8-16/h2-12,22H,1H3,(H,23,24). The van der Waals surface area contributed by atoms with Gasteiger partial charge in [0.2, 0.25) is 0 Å². The molecule has 3 aromatic rings. The number of nitrogens with one attached hydrogen (secondary N) is 2. The molecule has 0 fully saturated rings. The second-order valence-corrected chi connectivity index (χ2v) is 6.33. The molecule has 1 heterocycles. The van der Waals surface area contributed by atoms with E-state index in [1.165, 1.54) is 0 Å². The summed E-state index contributed by atoms with van der Waals surface area (Å²) in [4.78, 5) is 16.5. The van der Waals surface area contributed by atoms with E-state index in [0.29, 0.717) is 5.56 Å². The highest BCUT2D eigenvalue weighted by atomic mass is 79.9. The molecule has 0 aliphatic carbocycles. The number of halogens is 1. The molecule has 0 aliphatic heterocycles. The Kier molecular flexibility index (Phi) is 4.91. The molecule has 1 amide bonds. The zero-order valence-corrected chi connectivity index (χ0v) is 14.7. The second kappa shape index (κ2) is 7.27. The van der Waals surface area contributed by atoms with Crippen molar-refractivity contribution in [2.75, 3.05) is 10.6 Å². The molecule has 0 aliphatic rings. The predicted molar refractivity (Wildman–Crippen MR) is 101 cm³/mol. The maximum atomic E-state index is 12.4. The van der Waals surface area contributed by atoms with Gasteiger partial charge in [-0.1, -0.05) is 28.1 Å². The first-order valence-electron chi connectivity index (χ1n) is 7.46. The molecule has 4 nitrogen and oxygen atoms in total. The van der Waals surface area contributed by atoms with Crippen LogP contribution in [0.1, 0.15) is 15.9 Å². The number of pyridine rings is 1. The van der Waals surface area contributed by atoms with Crippen LogP contribution in [0.5, 0.6) is 0 Å². The highest BCUT2D eigenvalue weighted by Crippen LogP contribution is 2.19. The van der Waals surface area contributed by atoms with Crippen LogP contribution in [0, 0.1) is 6.92 Å². The van der Waals surface area contributed by atoms with Crippen LogP contribution in [0.2, 0.25) is 0 Å². The van der Waals surface area contributed by atoms with Crippen LogP contribution in [0.25, 0.3) is 0 Å². The fourth-order valence-corrected chi connectivity index (χ4v) is 2.52. The molecule has 120 valence electrons. The van der Waals surface area contributed by atoms with Gasteiger partial charge >= 0.3 is 0 Å². The number of amides is 1. The largest absolute Gasteiger partial charge is 0.354 e. The first-order valence-corrected chi connectivity index (χ1v) is 8.25. The first kappa shape index (κ1) is 16.2. The summed E-state index contributed by atoms with van der Waals surface area (Å²) in [6.45, 7) is 2.03. The van der Waals surface area contributed by atoms with Gasteiger partial charge in [0.05, 0.1) is 17.4 Å². The van der Waals surface area contributed by atoms with Crippen molar-refractivity contribution in [1.29, 1.82) is 0 Å². The third-order valence-corrected chi connectivity index (χ3v) is 3.94. The fourth-order valence-electron chi connectivity index (χ4n) is 2.26. The SMILES string of the molecule is Cc1cccc(Nc2cncc(C(=O)Nc3ccc(Br)cc3)c2)c1. The number of hydrogen-bond acceptors (Lipinski definition) is 3. The lowest BCUT2D eigenvalue weighted by Gasteiger charge is -2.09. The van der Waals surface area contributed by atoms with Gasteiger partial charge in [-0.25, -0.2) is 0 Å². The molecule has 5 heteroatoms. The number of rotatable bonds is 4. The van der Waals surface area contributed by atoms with Gasteiger partial charge in [0.1, 0.15) is 0 Å². The van der Waals surface area contributed by atoms with E-state index in [-0.39, 0.29) is 5.91 Å². The summed E-state index contributed by atoms with van der Waals surface area (Å²) in [5.74, 6) is -0.197. The first-order chi connectivity index (χ1) is 11.6. The zero-order valence-electron chi connectivity index (χ0n) is 13.1. The van der Waals surface area contributed by atoms with Gasteiger partial charge in [0.15, 0.2) is 0 Å². The molecule has 2 aromatic carbocycles. The van der Waals surface area contributed by atoms with Gasteiger partial charge < -0.3 is 10.6 Å². The van der Waals surface area contributed by atoms with E-state index in [0.717, 1.165) is 27.1 Å². The van der Waals surface area contributed by atoms with Crippen molar-refractivity contribution in [3.63, 3.8) is 0 Å². The molecule has 1 aromatic heterocycles. The third kappa shape index (κ3) is 4.20. The lowest BCUT2D eigenvalue weighted by atomic mass is 10.2. The Balaban J connectivity index is 1.74. The number of carbonyl (C=O) groups excluding carboxylic acids is 1. The summed E-state index contributed by atoms with van der Waals surface area (Å²) < 4.78 is 0.964. The Morgan fingerprint density at radius 3 is 2.50 bits per heavy atom. The van der Waals surface area contributed by atoms with Gasteiger partial charge in [0, 0.05) is 22.0 Å². The number of anilines is 3. The fraction of sp³-hybridized carbons (Fsp3) is 0.0526. The molecule has 0 saturated carbocycles. The molecule has 0 saturated heterocycles. The summed E-state index contributed by atoms with van der Waals surface area (Å²) in [6.07, 6.45) is 3.24. The van der Waals surface area contributed by atoms with Crippen LogP contribution in [-0.2, 0) is 0 Å². The van der Waals surface area contributed by atoms with Crippen molar-refractivity contribution in [3.8, 4) is 0 Å². The average Bonchev–Trinajstić information content (AvgIpc) is 2.57. The van der Waals surface area contributed by atoms with Gasteiger partial charge in [-0.05, 0) is 55.0 Å². The number of carbonyl (C=O) groups is 1. The van der Waals surface area contributed by atoms with Crippen molar-refractivity contribution in [3.05, 3.63) is 82.6 Å². The average molecular weight is 382 g/mol. The smallest absolute Gasteiger partial charge is 0.257 e. The minimum Gasteiger partial charge on any atom is -0.354 e. The van der Waals surface area contributed by atoms with Crippen molar-refractivity contribution >= 4 is 38.9 Å². The molecule has 3 rings (SSSR count). The summed E-state index contributed by atoms with van der Waals surface area (Å²) in [5, 5.41) is 6.12. The van der Waals surface area contributed by atoms with E-state index in [9.17, 15) is 4.79 Å². The summed E-state index contributed by atoms with van der Waals surface area (Å²) in [5.41, 5.74) is 4.12. The van der Waals surface area contributed by atoms with Crippen LogP contribution in [0.15, 0.2) is 71.5 Å². The molecular weight excluding hydrogens is 366 g/mol. The van der Waals surface area contributed by atoms with Gasteiger partial charge in [-0.3, -0.25) is 9.78 Å². The molecule has 0 spiro atoms. The van der Waals surface area contributed by atoms with Crippen LogP contribution in [-0.4, -0.2) is 10.9 Å². The van der Waals surface area contributed by atoms with E-state index in [2.05, 4.69) is 31.5 Å². The Morgan fingerprint density at radius 2 is 1.75 bits per heavy atom. The Hall–Kier alpha value is -2.66. The minimum absolute atomic E-state index is 0.197. The monoisotopic (exact) mass is 381 g/mol. The zero-order chi connectivity index (χ0) is 16.9. The van der Waals surface area contributed by atoms with Crippen LogP contribution >= 0.6 is 15.9 Å². The molecule has 0 atom stereocenters. The van der Waals surface area contributed by atoms with Gasteiger partial charge in [-0.2, -0.15) is 0 Å². The van der Waals surface area contributed by atoms with Crippen LogP contribution in [0.3, 0.4) is 0 Å². The highest BCUT2D eigenvalue weighted by Gasteiger charge is 2.08. The lowest BCUT2D eigenvalue weighted by Crippen LogP contribution is -2.12. The second-order valence-electron chi connectivity index (χ2n) is 5.42. The van der Waals surface area contributed by atoms with E-state index in [1.807, 2.05) is 55.5 Å². The number of nitrogens with zero attached hydrogens (tertiary/aromatic N) is 1. The number of aryl methyl sites for hydroxylation is 1. The maximum absolute atomic E-state index is 12.4. The van der Waals surface area contributed by atoms with Crippen LogP contribution < -0.4 is 10.6 Å². The summed E-state index contributed by atoms with van der Waals surface area (Å²) in [6, 6.07) is 17.2. The maximum Gasteiger partial charge on any atom is 0.257 e. The molecule has 0 bridgehead atoms. The molecule has 24 heavy (non-hydrogen) atoms. The van der Waals surface area contributed by atoms with Gasteiger partial charge in [-0.15, -0.1) is 0 Å². The third-order valence-electron chi connectivity index (χ3n) is 3.41. The highest BCUT2D eigenvalue weighted by molar-refractivity contribution is 9.10. The van der Waals surface area contributed by atoms with Crippen molar-refractivity contribution < 1.29 is 4.79 Å². The minimum atomic E-state index is -0.197. The summed E-state index contributed by atoms with van der Waals surface area (Å²) in [7, 11) is 0. The summed E-state index contributed by atoms with van der Waals surface area (Å²) >= 11 is 3.37. The van der Waals surface area contributed by atoms with Crippen LogP contribution in [0.4, 0.5) is 17.1 Å². The molecule has 0 radical (unpaired) electrons. The van der Waals surface area contributed by atoms with Crippen molar-refractivity contribution in [1.82, 2.24) is 4.98 Å². The van der Waals surface area contributed by atoms with Crippen molar-refractivity contribution in [2.24, 2.45) is 0 Å². The Morgan fingerprint density at radius 1 is 0.958 bits per heavy atom. The molecular formula is C19H16BrN3O. The number of hydrogen-bond donors (Lipinski definition) is 2. The topological polar surface area (TPSA) is 54.0 Å². The van der Waals surface area contributed by atoms with Gasteiger partial charge in [0.25, 0.3) is 5.91 Å². The molecule has 2 N–H and O–H groups in total. The number of aromatic nitrogens is 1. The molecule has 0 unspecified atom stereocenters. The normalized spacial score (nSPS) is 10.2. The van der Waals surface area contributed by atoms with E-state index in [4.69, 9.17) is 0 Å². The Labute approximate surface area is 149 Å².